The molecule has 1 unspecified atom stereocenters. The minimum absolute atomic E-state index is 0.0880. The molecule has 0 fully saturated rings. The molecule has 0 aliphatic rings. The second kappa shape index (κ2) is 7.29. The van der Waals surface area contributed by atoms with Crippen molar-refractivity contribution in [1.82, 2.24) is 10.1 Å². The van der Waals surface area contributed by atoms with Crippen LogP contribution in [0.4, 0.5) is 13.2 Å². The molecule has 128 valence electrons. The van der Waals surface area contributed by atoms with E-state index >= 15 is 0 Å². The van der Waals surface area contributed by atoms with E-state index in [0.717, 1.165) is 6.07 Å². The minimum Gasteiger partial charge on any atom is -0.477 e. The lowest BCUT2D eigenvalue weighted by molar-refractivity contribution is -0.141. The van der Waals surface area contributed by atoms with E-state index in [1.165, 1.54) is 12.3 Å². The summed E-state index contributed by atoms with van der Waals surface area (Å²) >= 11 is 0. The summed E-state index contributed by atoms with van der Waals surface area (Å²) in [5, 5.41) is 22.2. The van der Waals surface area contributed by atoms with Crippen LogP contribution in [0.2, 0.25) is 0 Å². The van der Waals surface area contributed by atoms with Crippen LogP contribution in [0, 0.1) is 11.3 Å². The van der Waals surface area contributed by atoms with Gasteiger partial charge in [-0.1, -0.05) is 5.16 Å². The maximum atomic E-state index is 12.6. The standard InChI is InChI=1S/C14H13F3N4O3/c15-14(16,17)11-2-1-8(7-18)13(21-11)23-6-4-9(19)12(22)10-3-5-20-24-10/h1-3,5,9,12,22H,4,6,19H2/t9-,12?/m0/s1. The number of nitrogens with zero attached hydrogens (tertiary/aromatic N) is 3. The molecule has 0 aliphatic carbocycles. The number of alkyl halides is 3. The third-order valence-electron chi connectivity index (χ3n) is 3.12. The van der Waals surface area contributed by atoms with Crippen molar-refractivity contribution in [2.45, 2.75) is 24.7 Å². The Kier molecular flexibility index (Phi) is 5.38. The normalized spacial score (nSPS) is 14.0. The van der Waals surface area contributed by atoms with Gasteiger partial charge in [0.2, 0.25) is 5.88 Å². The predicted octanol–water partition coefficient (Wildman–Crippen LogP) is 1.79. The number of nitrogens with two attached hydrogens (primary N) is 1. The van der Waals surface area contributed by atoms with Gasteiger partial charge < -0.3 is 20.1 Å². The highest BCUT2D eigenvalue weighted by Gasteiger charge is 2.33. The van der Waals surface area contributed by atoms with E-state index in [1.807, 2.05) is 0 Å². The maximum Gasteiger partial charge on any atom is 0.433 e. The van der Waals surface area contributed by atoms with Crippen molar-refractivity contribution in [3.05, 3.63) is 41.4 Å². The van der Waals surface area contributed by atoms with Crippen molar-refractivity contribution in [3.8, 4) is 11.9 Å². The Morgan fingerprint density at radius 2 is 2.12 bits per heavy atom. The largest absolute Gasteiger partial charge is 0.477 e. The highest BCUT2D eigenvalue weighted by molar-refractivity contribution is 5.39. The molecule has 2 rings (SSSR count). The first-order chi connectivity index (χ1) is 11.3. The highest BCUT2D eigenvalue weighted by atomic mass is 19.4. The molecule has 0 aliphatic heterocycles. The van der Waals surface area contributed by atoms with Gasteiger partial charge in [-0.3, -0.25) is 0 Å². The third-order valence-corrected chi connectivity index (χ3v) is 3.12. The van der Waals surface area contributed by atoms with Gasteiger partial charge in [0.1, 0.15) is 23.4 Å². The maximum absolute atomic E-state index is 12.6. The minimum atomic E-state index is -4.65. The van der Waals surface area contributed by atoms with Gasteiger partial charge in [0.05, 0.1) is 12.8 Å². The lowest BCUT2D eigenvalue weighted by Crippen LogP contribution is -2.30. The molecule has 24 heavy (non-hydrogen) atoms. The van der Waals surface area contributed by atoms with Crippen molar-refractivity contribution in [2.75, 3.05) is 6.61 Å². The van der Waals surface area contributed by atoms with E-state index < -0.39 is 29.9 Å². The third kappa shape index (κ3) is 4.21. The Morgan fingerprint density at radius 3 is 2.71 bits per heavy atom. The first kappa shape index (κ1) is 17.7. The molecule has 0 saturated carbocycles. The van der Waals surface area contributed by atoms with Crippen molar-refractivity contribution in [3.63, 3.8) is 0 Å². The fraction of sp³-hybridized carbons (Fsp3) is 0.357. The zero-order valence-corrected chi connectivity index (χ0v) is 12.2. The number of hydrogen-bond donors (Lipinski definition) is 2. The number of aliphatic hydroxyl groups excluding tert-OH is 1. The average molecular weight is 342 g/mol. The fourth-order valence-electron chi connectivity index (χ4n) is 1.83. The number of ether oxygens (including phenoxy) is 1. The van der Waals surface area contributed by atoms with Crippen LogP contribution in [0.25, 0.3) is 0 Å². The van der Waals surface area contributed by atoms with Crippen LogP contribution >= 0.6 is 0 Å². The van der Waals surface area contributed by atoms with Gasteiger partial charge in [0, 0.05) is 12.1 Å². The average Bonchev–Trinajstić information content (AvgIpc) is 3.07. The zero-order valence-electron chi connectivity index (χ0n) is 12.2. The molecule has 2 aromatic heterocycles. The van der Waals surface area contributed by atoms with Crippen LogP contribution in [-0.2, 0) is 6.18 Å². The number of halogens is 3. The van der Waals surface area contributed by atoms with E-state index in [4.69, 9.17) is 20.3 Å². The number of pyridine rings is 1. The van der Waals surface area contributed by atoms with Gasteiger partial charge >= 0.3 is 6.18 Å². The van der Waals surface area contributed by atoms with E-state index in [0.29, 0.717) is 6.07 Å². The van der Waals surface area contributed by atoms with Crippen molar-refractivity contribution < 1.29 is 27.5 Å². The molecule has 3 N–H and O–H groups in total. The van der Waals surface area contributed by atoms with Crippen LogP contribution < -0.4 is 10.5 Å². The van der Waals surface area contributed by atoms with E-state index in [2.05, 4.69) is 10.1 Å². The second-order valence-corrected chi connectivity index (χ2v) is 4.82. The Labute approximate surface area is 134 Å². The molecule has 0 radical (unpaired) electrons. The van der Waals surface area contributed by atoms with Gasteiger partial charge in [-0.25, -0.2) is 4.98 Å². The van der Waals surface area contributed by atoms with Gasteiger partial charge in [0.25, 0.3) is 0 Å². The number of rotatable bonds is 6. The second-order valence-electron chi connectivity index (χ2n) is 4.82. The molecule has 2 aromatic rings. The van der Waals surface area contributed by atoms with Crippen LogP contribution in [0.1, 0.15) is 29.5 Å². The van der Waals surface area contributed by atoms with Crippen molar-refractivity contribution in [2.24, 2.45) is 5.73 Å². The van der Waals surface area contributed by atoms with E-state index in [1.54, 1.807) is 6.07 Å². The number of hydrogen-bond acceptors (Lipinski definition) is 7. The van der Waals surface area contributed by atoms with E-state index in [-0.39, 0.29) is 24.4 Å². The molecule has 10 heteroatoms. The molecular weight excluding hydrogens is 329 g/mol. The van der Waals surface area contributed by atoms with Crippen molar-refractivity contribution >= 4 is 0 Å². The first-order valence-corrected chi connectivity index (χ1v) is 6.78. The smallest absolute Gasteiger partial charge is 0.433 e. The van der Waals surface area contributed by atoms with Gasteiger partial charge in [0.15, 0.2) is 5.76 Å². The lowest BCUT2D eigenvalue weighted by Gasteiger charge is -2.17. The van der Waals surface area contributed by atoms with Crippen LogP contribution in [0.3, 0.4) is 0 Å². The summed E-state index contributed by atoms with van der Waals surface area (Å²) in [5.74, 6) is -0.272. The molecule has 2 atom stereocenters. The predicted molar refractivity (Wildman–Crippen MR) is 73.5 cm³/mol. The summed E-state index contributed by atoms with van der Waals surface area (Å²) in [6.45, 7) is -0.143. The summed E-state index contributed by atoms with van der Waals surface area (Å²) in [5.41, 5.74) is 4.46. The SMILES string of the molecule is N#Cc1ccc(C(F)(F)F)nc1OCC[C@H](N)C(O)c1ccno1. The van der Waals surface area contributed by atoms with E-state index in [9.17, 15) is 18.3 Å². The Bertz CT molecular complexity index is 713. The molecular formula is C14H13F3N4O3. The topological polar surface area (TPSA) is 118 Å². The first-order valence-electron chi connectivity index (χ1n) is 6.78. The molecule has 2 heterocycles. The summed E-state index contributed by atoms with van der Waals surface area (Å²) in [6.07, 6.45) is -4.36. The quantitative estimate of drug-likeness (QED) is 0.821. The molecule has 0 aromatic carbocycles. The molecule has 0 spiro atoms. The Hall–Kier alpha value is -2.64. The highest BCUT2D eigenvalue weighted by Crippen LogP contribution is 2.30. The zero-order chi connectivity index (χ0) is 17.7. The number of nitriles is 1. The molecule has 0 bridgehead atoms. The van der Waals surface area contributed by atoms with Crippen LogP contribution in [0.5, 0.6) is 5.88 Å². The molecule has 7 nitrogen and oxygen atoms in total. The number of aliphatic hydroxyl groups is 1. The van der Waals surface area contributed by atoms with Gasteiger partial charge in [-0.15, -0.1) is 0 Å². The van der Waals surface area contributed by atoms with Gasteiger partial charge in [-0.05, 0) is 18.6 Å². The van der Waals surface area contributed by atoms with Crippen LogP contribution in [0.15, 0.2) is 28.9 Å². The molecule has 0 amide bonds. The lowest BCUT2D eigenvalue weighted by atomic mass is 10.1. The Balaban J connectivity index is 2.00. The molecule has 0 saturated heterocycles. The van der Waals surface area contributed by atoms with Crippen molar-refractivity contribution in [1.29, 1.82) is 5.26 Å². The van der Waals surface area contributed by atoms with Crippen LogP contribution in [-0.4, -0.2) is 27.9 Å². The monoisotopic (exact) mass is 342 g/mol. The summed E-state index contributed by atoms with van der Waals surface area (Å²) in [7, 11) is 0. The summed E-state index contributed by atoms with van der Waals surface area (Å²) in [4.78, 5) is 3.30. The Morgan fingerprint density at radius 1 is 1.38 bits per heavy atom. The summed E-state index contributed by atoms with van der Waals surface area (Å²) in [6, 6.07) is 4.02. The summed E-state index contributed by atoms with van der Waals surface area (Å²) < 4.78 is 47.8. The number of aromatic nitrogens is 2. The fourth-order valence-corrected chi connectivity index (χ4v) is 1.83. The van der Waals surface area contributed by atoms with Gasteiger partial charge in [-0.2, -0.15) is 18.4 Å².